The van der Waals surface area contributed by atoms with Gasteiger partial charge in [0.15, 0.2) is 0 Å². The van der Waals surface area contributed by atoms with Crippen LogP contribution >= 0.6 is 11.6 Å². The highest BCUT2D eigenvalue weighted by molar-refractivity contribution is 6.30. The fourth-order valence-corrected chi connectivity index (χ4v) is 2.24. The first-order valence-electron chi connectivity index (χ1n) is 6.97. The molecule has 1 amide bonds. The number of hydrogen-bond donors (Lipinski definition) is 1. The largest absolute Gasteiger partial charge is 0.496 e. The SMILES string of the molecule is COc1ccccc1[C@@H](C)NC(=O)/C=C/c1ccc(Cl)cc1. The van der Waals surface area contributed by atoms with Crippen molar-refractivity contribution in [3.8, 4) is 5.75 Å². The highest BCUT2D eigenvalue weighted by atomic mass is 35.5. The van der Waals surface area contributed by atoms with E-state index in [4.69, 9.17) is 16.3 Å². The summed E-state index contributed by atoms with van der Waals surface area (Å²) < 4.78 is 5.31. The van der Waals surface area contributed by atoms with Crippen LogP contribution in [0.3, 0.4) is 0 Å². The van der Waals surface area contributed by atoms with Gasteiger partial charge in [0, 0.05) is 16.7 Å². The molecular weight excluding hydrogens is 298 g/mol. The number of halogens is 1. The Labute approximate surface area is 135 Å². The highest BCUT2D eigenvalue weighted by Crippen LogP contribution is 2.24. The number of ether oxygens (including phenoxy) is 1. The predicted octanol–water partition coefficient (Wildman–Crippen LogP) is 4.24. The molecule has 22 heavy (non-hydrogen) atoms. The highest BCUT2D eigenvalue weighted by Gasteiger charge is 2.11. The van der Waals surface area contributed by atoms with Crippen molar-refractivity contribution < 1.29 is 9.53 Å². The quantitative estimate of drug-likeness (QED) is 0.838. The molecule has 114 valence electrons. The molecule has 1 N–H and O–H groups in total. The van der Waals surface area contributed by atoms with Crippen LogP contribution in [0.4, 0.5) is 0 Å². The molecule has 0 fully saturated rings. The molecule has 2 aromatic rings. The van der Waals surface area contributed by atoms with Crippen LogP contribution in [0.1, 0.15) is 24.1 Å². The van der Waals surface area contributed by atoms with Gasteiger partial charge in [-0.05, 0) is 36.8 Å². The van der Waals surface area contributed by atoms with Gasteiger partial charge in [-0.3, -0.25) is 4.79 Å². The van der Waals surface area contributed by atoms with E-state index in [9.17, 15) is 4.79 Å². The first-order valence-corrected chi connectivity index (χ1v) is 7.35. The lowest BCUT2D eigenvalue weighted by Gasteiger charge is -2.16. The standard InChI is InChI=1S/C18H18ClNO2/c1-13(16-5-3-4-6-17(16)22-2)20-18(21)12-9-14-7-10-15(19)11-8-14/h3-13H,1-2H3,(H,20,21)/b12-9+/t13-/m1/s1. The second-order valence-electron chi connectivity index (χ2n) is 4.86. The normalized spacial score (nSPS) is 12.1. The molecule has 0 unspecified atom stereocenters. The Hall–Kier alpha value is -2.26. The molecule has 0 saturated carbocycles. The Morgan fingerprint density at radius 2 is 1.86 bits per heavy atom. The summed E-state index contributed by atoms with van der Waals surface area (Å²) in [5.41, 5.74) is 1.86. The van der Waals surface area contributed by atoms with E-state index >= 15 is 0 Å². The minimum absolute atomic E-state index is 0.140. The third kappa shape index (κ3) is 4.37. The van der Waals surface area contributed by atoms with E-state index in [0.29, 0.717) is 5.02 Å². The molecule has 0 aliphatic rings. The van der Waals surface area contributed by atoms with Crippen molar-refractivity contribution in [3.63, 3.8) is 0 Å². The minimum atomic E-state index is -0.159. The van der Waals surface area contributed by atoms with Crippen LogP contribution in [0.2, 0.25) is 5.02 Å². The number of methoxy groups -OCH3 is 1. The van der Waals surface area contributed by atoms with Gasteiger partial charge in [0.05, 0.1) is 13.2 Å². The molecule has 2 aromatic carbocycles. The minimum Gasteiger partial charge on any atom is -0.496 e. The van der Waals surface area contributed by atoms with Crippen LogP contribution in [0.25, 0.3) is 6.08 Å². The van der Waals surface area contributed by atoms with Gasteiger partial charge in [-0.2, -0.15) is 0 Å². The molecule has 0 aliphatic heterocycles. The molecule has 3 nitrogen and oxygen atoms in total. The van der Waals surface area contributed by atoms with E-state index in [2.05, 4.69) is 5.32 Å². The summed E-state index contributed by atoms with van der Waals surface area (Å²) >= 11 is 5.82. The number of benzene rings is 2. The molecule has 2 rings (SSSR count). The van der Waals surface area contributed by atoms with Crippen LogP contribution in [-0.4, -0.2) is 13.0 Å². The Bertz CT molecular complexity index is 665. The van der Waals surface area contributed by atoms with E-state index < -0.39 is 0 Å². The van der Waals surface area contributed by atoms with Crippen molar-refractivity contribution in [3.05, 3.63) is 70.8 Å². The molecule has 0 saturated heterocycles. The number of hydrogen-bond acceptors (Lipinski definition) is 2. The van der Waals surface area contributed by atoms with Crippen molar-refractivity contribution in [2.45, 2.75) is 13.0 Å². The third-order valence-electron chi connectivity index (χ3n) is 3.26. The Morgan fingerprint density at radius 3 is 2.55 bits per heavy atom. The number of carbonyl (C=O) groups is 1. The monoisotopic (exact) mass is 315 g/mol. The van der Waals surface area contributed by atoms with Crippen molar-refractivity contribution in [1.82, 2.24) is 5.32 Å². The van der Waals surface area contributed by atoms with Crippen molar-refractivity contribution in [2.75, 3.05) is 7.11 Å². The third-order valence-corrected chi connectivity index (χ3v) is 3.51. The van der Waals surface area contributed by atoms with Gasteiger partial charge in [-0.1, -0.05) is 41.9 Å². The summed E-state index contributed by atoms with van der Waals surface area (Å²) in [7, 11) is 1.62. The summed E-state index contributed by atoms with van der Waals surface area (Å²) in [5.74, 6) is 0.602. The van der Waals surface area contributed by atoms with E-state index in [1.54, 1.807) is 25.3 Å². The van der Waals surface area contributed by atoms with Crippen LogP contribution in [0, 0.1) is 0 Å². The molecule has 0 aromatic heterocycles. The molecule has 0 aliphatic carbocycles. The first-order chi connectivity index (χ1) is 10.6. The van der Waals surface area contributed by atoms with E-state index in [1.165, 1.54) is 6.08 Å². The lowest BCUT2D eigenvalue weighted by molar-refractivity contribution is -0.117. The maximum Gasteiger partial charge on any atom is 0.244 e. The Kier molecular flexibility index (Phi) is 5.61. The smallest absolute Gasteiger partial charge is 0.244 e. The van der Waals surface area contributed by atoms with Crippen LogP contribution in [0.5, 0.6) is 5.75 Å². The lowest BCUT2D eigenvalue weighted by atomic mass is 10.1. The second-order valence-corrected chi connectivity index (χ2v) is 5.29. The number of amides is 1. The second kappa shape index (κ2) is 7.66. The molecule has 0 radical (unpaired) electrons. The number of nitrogens with one attached hydrogen (secondary N) is 1. The van der Waals surface area contributed by atoms with E-state index in [-0.39, 0.29) is 11.9 Å². The zero-order chi connectivity index (χ0) is 15.9. The molecular formula is C18H18ClNO2. The van der Waals surface area contributed by atoms with Gasteiger partial charge in [0.2, 0.25) is 5.91 Å². The zero-order valence-electron chi connectivity index (χ0n) is 12.5. The van der Waals surface area contributed by atoms with Crippen molar-refractivity contribution in [2.24, 2.45) is 0 Å². The molecule has 1 atom stereocenters. The Morgan fingerprint density at radius 1 is 1.18 bits per heavy atom. The van der Waals surface area contributed by atoms with Crippen LogP contribution in [0.15, 0.2) is 54.6 Å². The van der Waals surface area contributed by atoms with Gasteiger partial charge >= 0.3 is 0 Å². The number of carbonyl (C=O) groups excluding carboxylic acids is 1. The summed E-state index contributed by atoms with van der Waals surface area (Å²) in [6.45, 7) is 1.92. The van der Waals surface area contributed by atoms with Crippen molar-refractivity contribution in [1.29, 1.82) is 0 Å². The van der Waals surface area contributed by atoms with Gasteiger partial charge in [0.25, 0.3) is 0 Å². The maximum absolute atomic E-state index is 12.0. The van der Waals surface area contributed by atoms with Crippen LogP contribution < -0.4 is 10.1 Å². The topological polar surface area (TPSA) is 38.3 Å². The van der Waals surface area contributed by atoms with Gasteiger partial charge in [-0.25, -0.2) is 0 Å². The molecule has 0 heterocycles. The summed E-state index contributed by atoms with van der Waals surface area (Å²) in [4.78, 5) is 12.0. The van der Waals surface area contributed by atoms with Gasteiger partial charge < -0.3 is 10.1 Å². The first kappa shape index (κ1) is 16.1. The van der Waals surface area contributed by atoms with Gasteiger partial charge in [-0.15, -0.1) is 0 Å². The maximum atomic E-state index is 12.0. The summed E-state index contributed by atoms with van der Waals surface area (Å²) in [6.07, 6.45) is 3.26. The lowest BCUT2D eigenvalue weighted by Crippen LogP contribution is -2.24. The van der Waals surface area contributed by atoms with E-state index in [1.807, 2.05) is 43.3 Å². The summed E-state index contributed by atoms with van der Waals surface area (Å²) in [5, 5.41) is 3.59. The molecule has 4 heteroatoms. The van der Waals surface area contributed by atoms with Crippen molar-refractivity contribution >= 4 is 23.6 Å². The predicted molar refractivity (Wildman–Crippen MR) is 90.0 cm³/mol. The Balaban J connectivity index is 2.00. The number of para-hydroxylation sites is 1. The number of rotatable bonds is 5. The molecule has 0 bridgehead atoms. The van der Waals surface area contributed by atoms with E-state index in [0.717, 1.165) is 16.9 Å². The zero-order valence-corrected chi connectivity index (χ0v) is 13.3. The fraction of sp³-hybridized carbons (Fsp3) is 0.167. The average Bonchev–Trinajstić information content (AvgIpc) is 2.54. The average molecular weight is 316 g/mol. The van der Waals surface area contributed by atoms with Gasteiger partial charge in [0.1, 0.15) is 5.75 Å². The molecule has 0 spiro atoms. The summed E-state index contributed by atoms with van der Waals surface area (Å²) in [6, 6.07) is 14.8. The van der Waals surface area contributed by atoms with Crippen LogP contribution in [-0.2, 0) is 4.79 Å². The fourth-order valence-electron chi connectivity index (χ4n) is 2.11.